The molecule has 0 aromatic heterocycles. The molecule has 5 rings (SSSR count). The van der Waals surface area contributed by atoms with Crippen LogP contribution in [0.2, 0.25) is 0 Å². The topological polar surface area (TPSA) is 149 Å². The summed E-state index contributed by atoms with van der Waals surface area (Å²) in [5.74, 6) is -4.20. The highest BCUT2D eigenvalue weighted by molar-refractivity contribution is 7.85. The first-order chi connectivity index (χ1) is 21.1. The Hall–Kier alpha value is -5.16. The third kappa shape index (κ3) is 6.42. The quantitative estimate of drug-likeness (QED) is 0.171. The van der Waals surface area contributed by atoms with Crippen molar-refractivity contribution in [2.24, 2.45) is 0 Å². The fraction of sp³-hybridized carbons (Fsp3) is 0. The van der Waals surface area contributed by atoms with Crippen molar-refractivity contribution >= 4 is 71.5 Å². The summed E-state index contributed by atoms with van der Waals surface area (Å²) in [4.78, 5) is 46.4. The molecule has 8 nitrogen and oxygen atoms in total. The van der Waals surface area contributed by atoms with Gasteiger partial charge in [0.05, 0.1) is 22.3 Å². The molecular weight excluding hydrogens is 598 g/mol. The van der Waals surface area contributed by atoms with Crippen molar-refractivity contribution < 1.29 is 39.6 Å². The van der Waals surface area contributed by atoms with Crippen LogP contribution in [-0.4, -0.2) is 44.3 Å². The highest BCUT2D eigenvalue weighted by atomic mass is 31.1. The second-order valence-corrected chi connectivity index (χ2v) is 13.9. The summed E-state index contributed by atoms with van der Waals surface area (Å²) in [7, 11) is -2.67. The second kappa shape index (κ2) is 13.0. The summed E-state index contributed by atoms with van der Waals surface area (Å²) in [5.41, 5.74) is 0.546. The summed E-state index contributed by atoms with van der Waals surface area (Å²) in [5, 5.41) is 43.2. The van der Waals surface area contributed by atoms with Gasteiger partial charge >= 0.3 is 23.9 Å². The largest absolute Gasteiger partial charge is 0.478 e. The van der Waals surface area contributed by atoms with Gasteiger partial charge in [0.1, 0.15) is 0 Å². The zero-order valence-corrected chi connectivity index (χ0v) is 24.7. The molecule has 0 unspecified atom stereocenters. The van der Waals surface area contributed by atoms with E-state index in [1.807, 2.05) is 24.3 Å². The first-order valence-electron chi connectivity index (χ1n) is 13.2. The molecule has 0 atom stereocenters. The Morgan fingerprint density at radius 1 is 0.341 bits per heavy atom. The summed E-state index contributed by atoms with van der Waals surface area (Å²) in [6, 6.07) is 34.2. The first-order valence-corrected chi connectivity index (χ1v) is 15.8. The maximum absolute atomic E-state index is 11.6. The predicted molar refractivity (Wildman–Crippen MR) is 172 cm³/mol. The Bertz CT molecular complexity index is 1600. The van der Waals surface area contributed by atoms with Crippen molar-refractivity contribution in [2.75, 3.05) is 0 Å². The molecule has 0 aliphatic rings. The van der Waals surface area contributed by atoms with Crippen LogP contribution < -0.4 is 31.8 Å². The van der Waals surface area contributed by atoms with E-state index in [1.165, 1.54) is 0 Å². The Morgan fingerprint density at radius 3 is 0.727 bits per heavy atom. The molecule has 0 spiro atoms. The number of hydrogen-bond acceptors (Lipinski definition) is 4. The normalized spacial score (nSPS) is 11.0. The number of benzene rings is 5. The van der Waals surface area contributed by atoms with Gasteiger partial charge < -0.3 is 20.4 Å². The molecule has 0 fully saturated rings. The lowest BCUT2D eigenvalue weighted by Crippen LogP contribution is -2.34. The molecular formula is C34H24O8P2. The number of aromatic carboxylic acids is 4. The molecule has 44 heavy (non-hydrogen) atoms. The maximum Gasteiger partial charge on any atom is 0.335 e. The lowest BCUT2D eigenvalue weighted by atomic mass is 10.2. The second-order valence-electron chi connectivity index (χ2n) is 9.57. The van der Waals surface area contributed by atoms with Gasteiger partial charge in [-0.1, -0.05) is 72.8 Å². The van der Waals surface area contributed by atoms with Crippen LogP contribution in [0, 0.1) is 0 Å². The van der Waals surface area contributed by atoms with Gasteiger partial charge in [0.2, 0.25) is 0 Å². The van der Waals surface area contributed by atoms with Crippen molar-refractivity contribution in [3.63, 3.8) is 0 Å². The fourth-order valence-electron chi connectivity index (χ4n) is 4.71. The molecule has 5 aromatic carbocycles. The molecule has 0 bridgehead atoms. The van der Waals surface area contributed by atoms with E-state index >= 15 is 0 Å². The first kappa shape index (κ1) is 30.3. The maximum atomic E-state index is 11.6. The molecule has 5 aromatic rings. The van der Waals surface area contributed by atoms with E-state index < -0.39 is 39.7 Å². The molecule has 0 amide bonds. The summed E-state index contributed by atoms with van der Waals surface area (Å²) >= 11 is 0. The van der Waals surface area contributed by atoms with Gasteiger partial charge in [-0.3, -0.25) is 0 Å². The minimum Gasteiger partial charge on any atom is -0.478 e. The van der Waals surface area contributed by atoms with Crippen molar-refractivity contribution in [2.45, 2.75) is 0 Å². The number of hydrogen-bond donors (Lipinski definition) is 4. The van der Waals surface area contributed by atoms with Gasteiger partial charge in [0.15, 0.2) is 0 Å². The predicted octanol–water partition coefficient (Wildman–Crippen LogP) is 4.00. The van der Waals surface area contributed by atoms with E-state index in [0.29, 0.717) is 0 Å². The van der Waals surface area contributed by atoms with E-state index in [2.05, 4.69) is 0 Å². The van der Waals surface area contributed by atoms with Gasteiger partial charge in [-0.2, -0.15) is 0 Å². The van der Waals surface area contributed by atoms with Gasteiger partial charge in [-0.05, 0) is 96.2 Å². The Balaban J connectivity index is 1.74. The number of carboxylic acids is 4. The van der Waals surface area contributed by atoms with Crippen molar-refractivity contribution in [3.05, 3.63) is 144 Å². The van der Waals surface area contributed by atoms with E-state index in [-0.39, 0.29) is 22.3 Å². The summed E-state index contributed by atoms with van der Waals surface area (Å²) < 4.78 is 0. The highest BCUT2D eigenvalue weighted by Crippen LogP contribution is 2.39. The highest BCUT2D eigenvalue weighted by Gasteiger charge is 2.26. The van der Waals surface area contributed by atoms with Crippen LogP contribution in [0.25, 0.3) is 0 Å². The molecule has 4 N–H and O–H groups in total. The molecule has 0 radical (unpaired) electrons. The van der Waals surface area contributed by atoms with E-state index in [1.54, 1.807) is 97.1 Å². The average Bonchev–Trinajstić information content (AvgIpc) is 3.03. The molecule has 0 saturated heterocycles. The van der Waals surface area contributed by atoms with Crippen LogP contribution >= 0.6 is 15.8 Å². The number of carbonyl (C=O) groups is 4. The Labute approximate surface area is 254 Å². The SMILES string of the molecule is O=C(O)c1ccc(P(c2ccc(C(=O)O)cc2)c2ccccc2P(c2ccc(C(=O)O)cc2)c2ccc(C(=O)O)cc2)cc1. The van der Waals surface area contributed by atoms with Gasteiger partial charge in [-0.15, -0.1) is 0 Å². The van der Waals surface area contributed by atoms with Gasteiger partial charge in [-0.25, -0.2) is 19.2 Å². The van der Waals surface area contributed by atoms with E-state index in [9.17, 15) is 39.6 Å². The lowest BCUT2D eigenvalue weighted by Gasteiger charge is -2.27. The van der Waals surface area contributed by atoms with Crippen LogP contribution in [0.3, 0.4) is 0 Å². The minimum atomic E-state index is -1.33. The molecule has 0 saturated carbocycles. The third-order valence-electron chi connectivity index (χ3n) is 6.85. The van der Waals surface area contributed by atoms with E-state index in [4.69, 9.17) is 0 Å². The lowest BCUT2D eigenvalue weighted by molar-refractivity contribution is 0.0686. The number of carboxylic acid groups (broad SMARTS) is 4. The van der Waals surface area contributed by atoms with Crippen LogP contribution in [0.5, 0.6) is 0 Å². The molecule has 10 heteroatoms. The number of rotatable bonds is 10. The third-order valence-corrected chi connectivity index (χ3v) is 12.0. The van der Waals surface area contributed by atoms with Crippen LogP contribution in [0.4, 0.5) is 0 Å². The van der Waals surface area contributed by atoms with Crippen molar-refractivity contribution in [1.29, 1.82) is 0 Å². The zero-order valence-electron chi connectivity index (χ0n) is 22.9. The monoisotopic (exact) mass is 622 g/mol. The Kier molecular flexibility index (Phi) is 8.96. The van der Waals surface area contributed by atoms with Gasteiger partial charge in [0.25, 0.3) is 0 Å². The van der Waals surface area contributed by atoms with Crippen molar-refractivity contribution in [3.8, 4) is 0 Å². The minimum absolute atomic E-state index is 0.137. The van der Waals surface area contributed by atoms with Crippen LogP contribution in [-0.2, 0) is 0 Å². The smallest absolute Gasteiger partial charge is 0.335 e. The Morgan fingerprint density at radius 2 is 0.545 bits per heavy atom. The average molecular weight is 623 g/mol. The molecule has 0 aliphatic heterocycles. The van der Waals surface area contributed by atoms with Crippen LogP contribution in [0.1, 0.15) is 41.4 Å². The van der Waals surface area contributed by atoms with Crippen LogP contribution in [0.15, 0.2) is 121 Å². The standard InChI is InChI=1S/C34H24O8P2/c35-31(36)21-5-13-25(14-6-21)43(26-15-7-22(8-16-26)32(37)38)29-3-1-2-4-30(29)44(27-17-9-23(10-18-27)33(39)40)28-19-11-24(12-20-28)34(41)42/h1-20H,(H,35,36)(H,37,38)(H,39,40)(H,41,42). The summed E-state index contributed by atoms with van der Waals surface area (Å²) in [6.45, 7) is 0. The molecule has 0 aliphatic carbocycles. The van der Waals surface area contributed by atoms with Crippen molar-refractivity contribution in [1.82, 2.24) is 0 Å². The fourth-order valence-corrected chi connectivity index (χ4v) is 9.88. The zero-order chi connectivity index (χ0) is 31.4. The molecule has 218 valence electrons. The van der Waals surface area contributed by atoms with Gasteiger partial charge in [0, 0.05) is 0 Å². The molecule has 0 heterocycles. The van der Waals surface area contributed by atoms with E-state index in [0.717, 1.165) is 31.8 Å². The summed E-state index contributed by atoms with van der Waals surface area (Å²) in [6.07, 6.45) is 0.